The molecule has 7 nitrogen and oxygen atoms in total. The Hall–Kier alpha value is -2.94. The van der Waals surface area contributed by atoms with Crippen molar-refractivity contribution < 1.29 is 18.3 Å². The van der Waals surface area contributed by atoms with E-state index in [4.69, 9.17) is 9.84 Å². The Labute approximate surface area is 166 Å². The van der Waals surface area contributed by atoms with Crippen LogP contribution in [0, 0.1) is 0 Å². The van der Waals surface area contributed by atoms with Crippen LogP contribution in [0.5, 0.6) is 0 Å². The topological polar surface area (TPSA) is 81.9 Å². The molecule has 0 radical (unpaired) electrons. The molecule has 0 atom stereocenters. The van der Waals surface area contributed by atoms with E-state index in [2.05, 4.69) is 15.3 Å². The lowest BCUT2D eigenvalue weighted by Gasteiger charge is -2.33. The number of ether oxygens (including phenoxy) is 1. The number of methoxy groups -OCH3 is 1. The average molecular weight is 401 g/mol. The smallest absolute Gasteiger partial charge is 0.287 e. The molecule has 1 fully saturated rings. The number of alkyl halides is 2. The highest BCUT2D eigenvalue weighted by atomic mass is 19.3. The van der Waals surface area contributed by atoms with Gasteiger partial charge in [0.25, 0.3) is 5.92 Å². The number of amides is 1. The molecule has 3 aromatic heterocycles. The quantitative estimate of drug-likeness (QED) is 0.704. The molecule has 0 spiro atoms. The van der Waals surface area contributed by atoms with Crippen LogP contribution >= 0.6 is 0 Å². The minimum Gasteiger partial charge on any atom is -0.381 e. The molecule has 3 aromatic rings. The molecule has 9 heteroatoms. The molecule has 1 aliphatic rings. The second-order valence-corrected chi connectivity index (χ2v) is 7.36. The molecule has 0 aromatic carbocycles. The first-order chi connectivity index (χ1) is 13.8. The Kier molecular flexibility index (Phi) is 4.77. The van der Waals surface area contributed by atoms with Gasteiger partial charge in [-0.25, -0.2) is 14.6 Å². The SMILES string of the molecule is COC1CC(c2nn(-c3cccc(C(C)(F)F)n3)c3cc(NC(C)=O)ncc23)C1. The van der Waals surface area contributed by atoms with Gasteiger partial charge in [-0.3, -0.25) is 4.79 Å². The van der Waals surface area contributed by atoms with E-state index in [0.29, 0.717) is 11.3 Å². The number of halogens is 2. The first-order valence-electron chi connectivity index (χ1n) is 9.31. The number of carbonyl (C=O) groups is 1. The number of anilines is 1. The molecule has 1 saturated carbocycles. The van der Waals surface area contributed by atoms with Gasteiger partial charge in [0.05, 0.1) is 17.3 Å². The number of pyridine rings is 2. The molecular weight excluding hydrogens is 380 g/mol. The van der Waals surface area contributed by atoms with Crippen molar-refractivity contribution in [3.63, 3.8) is 0 Å². The van der Waals surface area contributed by atoms with E-state index in [1.54, 1.807) is 25.4 Å². The maximum atomic E-state index is 13.8. The molecular formula is C20H21F2N5O2. The van der Waals surface area contributed by atoms with E-state index >= 15 is 0 Å². The zero-order valence-electron chi connectivity index (χ0n) is 16.3. The van der Waals surface area contributed by atoms with Crippen molar-refractivity contribution in [2.75, 3.05) is 12.4 Å². The van der Waals surface area contributed by atoms with Crippen molar-refractivity contribution in [3.05, 3.63) is 41.9 Å². The van der Waals surface area contributed by atoms with E-state index in [1.807, 2.05) is 0 Å². The second-order valence-electron chi connectivity index (χ2n) is 7.36. The fraction of sp³-hybridized carbons (Fsp3) is 0.400. The number of nitrogens with zero attached hydrogens (tertiary/aromatic N) is 4. The van der Waals surface area contributed by atoms with Crippen molar-refractivity contribution in [2.24, 2.45) is 0 Å². The monoisotopic (exact) mass is 401 g/mol. The van der Waals surface area contributed by atoms with Gasteiger partial charge in [0.2, 0.25) is 5.91 Å². The Morgan fingerprint density at radius 1 is 1.34 bits per heavy atom. The number of hydrogen-bond acceptors (Lipinski definition) is 5. The third-order valence-electron chi connectivity index (χ3n) is 5.11. The van der Waals surface area contributed by atoms with Crippen LogP contribution in [0.1, 0.15) is 44.0 Å². The van der Waals surface area contributed by atoms with Gasteiger partial charge >= 0.3 is 0 Å². The van der Waals surface area contributed by atoms with Crippen LogP contribution in [0.25, 0.3) is 16.7 Å². The molecule has 0 unspecified atom stereocenters. The van der Waals surface area contributed by atoms with Crippen LogP contribution in [0.2, 0.25) is 0 Å². The van der Waals surface area contributed by atoms with Gasteiger partial charge in [0.1, 0.15) is 11.5 Å². The lowest BCUT2D eigenvalue weighted by atomic mass is 9.79. The zero-order chi connectivity index (χ0) is 20.8. The molecule has 1 amide bonds. The van der Waals surface area contributed by atoms with Crippen molar-refractivity contribution in [1.29, 1.82) is 0 Å². The molecule has 0 aliphatic heterocycles. The predicted octanol–water partition coefficient (Wildman–Crippen LogP) is 3.78. The van der Waals surface area contributed by atoms with Crippen LogP contribution in [0.15, 0.2) is 30.5 Å². The second kappa shape index (κ2) is 7.14. The van der Waals surface area contributed by atoms with E-state index < -0.39 is 5.92 Å². The molecule has 1 N–H and O–H groups in total. The van der Waals surface area contributed by atoms with Crippen LogP contribution in [0.4, 0.5) is 14.6 Å². The molecule has 0 saturated heterocycles. The fourth-order valence-electron chi connectivity index (χ4n) is 3.52. The highest BCUT2D eigenvalue weighted by Crippen LogP contribution is 2.41. The molecule has 3 heterocycles. The highest BCUT2D eigenvalue weighted by Gasteiger charge is 2.34. The largest absolute Gasteiger partial charge is 0.381 e. The van der Waals surface area contributed by atoms with E-state index in [1.165, 1.54) is 23.7 Å². The van der Waals surface area contributed by atoms with Gasteiger partial charge in [-0.15, -0.1) is 0 Å². The third kappa shape index (κ3) is 3.69. The minimum absolute atomic E-state index is 0.187. The summed E-state index contributed by atoms with van der Waals surface area (Å²) in [5.74, 6) is -2.49. The van der Waals surface area contributed by atoms with Crippen molar-refractivity contribution in [2.45, 2.75) is 44.6 Å². The molecule has 29 heavy (non-hydrogen) atoms. The number of nitrogens with one attached hydrogen (secondary N) is 1. The first kappa shape index (κ1) is 19.4. The normalized spacial score (nSPS) is 19.2. The Morgan fingerprint density at radius 3 is 2.76 bits per heavy atom. The number of aromatic nitrogens is 4. The maximum absolute atomic E-state index is 13.8. The summed E-state index contributed by atoms with van der Waals surface area (Å²) in [4.78, 5) is 19.8. The number of fused-ring (bicyclic) bond motifs is 1. The molecule has 152 valence electrons. The standard InChI is InChI=1S/C20H21F2N5O2/c1-11(28)24-17-9-15-14(10-23-17)19(12-7-13(8-12)29-3)26-27(15)18-6-4-5-16(25-18)20(2,21)22/h4-6,9-10,12-13H,7-8H2,1-3H3,(H,23,24,28). The number of hydrogen-bond donors (Lipinski definition) is 1. The molecule has 0 bridgehead atoms. The van der Waals surface area contributed by atoms with Gasteiger partial charge in [-0.2, -0.15) is 13.9 Å². The summed E-state index contributed by atoms with van der Waals surface area (Å²) in [5.41, 5.74) is 1.13. The first-order valence-corrected chi connectivity index (χ1v) is 9.31. The third-order valence-corrected chi connectivity index (χ3v) is 5.11. The lowest BCUT2D eigenvalue weighted by Crippen LogP contribution is -2.29. The van der Waals surface area contributed by atoms with Gasteiger partial charge in [-0.1, -0.05) is 6.07 Å². The fourth-order valence-corrected chi connectivity index (χ4v) is 3.52. The average Bonchev–Trinajstić information content (AvgIpc) is 2.98. The van der Waals surface area contributed by atoms with Gasteiger partial charge < -0.3 is 10.1 Å². The summed E-state index contributed by atoms with van der Waals surface area (Å²) in [6, 6.07) is 6.12. The summed E-state index contributed by atoms with van der Waals surface area (Å²) in [6.45, 7) is 2.20. The molecule has 1 aliphatic carbocycles. The summed E-state index contributed by atoms with van der Waals surface area (Å²) < 4.78 is 34.5. The minimum atomic E-state index is -3.07. The predicted molar refractivity (Wildman–Crippen MR) is 103 cm³/mol. The Morgan fingerprint density at radius 2 is 2.10 bits per heavy atom. The Bertz CT molecular complexity index is 1070. The lowest BCUT2D eigenvalue weighted by molar-refractivity contribution is -0.114. The summed E-state index contributed by atoms with van der Waals surface area (Å²) in [6.07, 6.45) is 3.50. The van der Waals surface area contributed by atoms with E-state index in [0.717, 1.165) is 30.8 Å². The van der Waals surface area contributed by atoms with Crippen LogP contribution in [-0.2, 0) is 15.5 Å². The van der Waals surface area contributed by atoms with Crippen LogP contribution in [-0.4, -0.2) is 38.9 Å². The van der Waals surface area contributed by atoms with Gasteiger partial charge in [-0.05, 0) is 25.0 Å². The summed E-state index contributed by atoms with van der Waals surface area (Å²) in [7, 11) is 1.68. The summed E-state index contributed by atoms with van der Waals surface area (Å²) >= 11 is 0. The Balaban J connectivity index is 1.84. The van der Waals surface area contributed by atoms with Gasteiger partial charge in [0, 0.05) is 44.5 Å². The maximum Gasteiger partial charge on any atom is 0.287 e. The van der Waals surface area contributed by atoms with Crippen molar-refractivity contribution >= 4 is 22.6 Å². The molecule has 4 rings (SSSR count). The van der Waals surface area contributed by atoms with Crippen LogP contribution in [0.3, 0.4) is 0 Å². The van der Waals surface area contributed by atoms with Crippen molar-refractivity contribution in [1.82, 2.24) is 19.7 Å². The van der Waals surface area contributed by atoms with E-state index in [-0.39, 0.29) is 29.4 Å². The number of rotatable bonds is 5. The van der Waals surface area contributed by atoms with Crippen LogP contribution < -0.4 is 5.32 Å². The van der Waals surface area contributed by atoms with Gasteiger partial charge in [0.15, 0.2) is 5.82 Å². The highest BCUT2D eigenvalue weighted by molar-refractivity contribution is 5.91. The van der Waals surface area contributed by atoms with Crippen molar-refractivity contribution in [3.8, 4) is 5.82 Å². The number of carbonyl (C=O) groups excluding carboxylic acids is 1. The van der Waals surface area contributed by atoms with E-state index in [9.17, 15) is 13.6 Å². The zero-order valence-corrected chi connectivity index (χ0v) is 16.3. The summed E-state index contributed by atoms with van der Waals surface area (Å²) in [5, 5.41) is 8.14.